The fourth-order valence-corrected chi connectivity index (χ4v) is 2.91. The van der Waals surface area contributed by atoms with Gasteiger partial charge in [0.2, 0.25) is 4.77 Å². The van der Waals surface area contributed by atoms with Crippen molar-refractivity contribution < 1.29 is 9.15 Å². The maximum absolute atomic E-state index is 5.52. The lowest BCUT2D eigenvalue weighted by molar-refractivity contribution is 0.244. The lowest BCUT2D eigenvalue weighted by Crippen LogP contribution is -2.22. The van der Waals surface area contributed by atoms with Crippen LogP contribution in [0.3, 0.4) is 0 Å². The summed E-state index contributed by atoms with van der Waals surface area (Å²) in [6, 6.07) is 12.0. The molecule has 0 saturated carbocycles. The first-order valence-corrected chi connectivity index (χ1v) is 9.26. The fraction of sp³-hybridized carbons (Fsp3) is 0.300. The normalized spacial score (nSPS) is 11.6. The number of hydrogen-bond donors (Lipinski definition) is 1. The Hall–Kier alpha value is -2.64. The average Bonchev–Trinajstić information content (AvgIpc) is 3.20. The van der Waals surface area contributed by atoms with Gasteiger partial charge in [0, 0.05) is 6.54 Å². The van der Waals surface area contributed by atoms with E-state index in [0.717, 1.165) is 23.8 Å². The number of aromatic amines is 1. The molecule has 1 N–H and O–H groups in total. The lowest BCUT2D eigenvalue weighted by atomic mass is 10.2. The summed E-state index contributed by atoms with van der Waals surface area (Å²) in [5, 5.41) is 3.21. The van der Waals surface area contributed by atoms with Gasteiger partial charge in [-0.15, -0.1) is 0 Å². The van der Waals surface area contributed by atoms with Crippen LogP contribution in [0.4, 0.5) is 0 Å². The maximum Gasteiger partial charge on any atom is 0.217 e. The van der Waals surface area contributed by atoms with Crippen LogP contribution in [-0.4, -0.2) is 33.3 Å². The van der Waals surface area contributed by atoms with Crippen LogP contribution in [-0.2, 0) is 13.2 Å². The van der Waals surface area contributed by atoms with Gasteiger partial charge in [-0.25, -0.2) is 4.68 Å². The Labute approximate surface area is 164 Å². The number of nitrogens with zero attached hydrogens (tertiary/aromatic N) is 3. The minimum absolute atomic E-state index is 0.517. The van der Waals surface area contributed by atoms with Gasteiger partial charge in [-0.3, -0.25) is 10.00 Å². The molecule has 0 aliphatic carbocycles. The monoisotopic (exact) mass is 384 g/mol. The number of benzene rings is 1. The van der Waals surface area contributed by atoms with E-state index in [2.05, 4.69) is 27.1 Å². The molecule has 1 aromatic carbocycles. The van der Waals surface area contributed by atoms with Crippen LogP contribution in [0.1, 0.15) is 29.8 Å². The Kier molecular flexibility index (Phi) is 6.26. The van der Waals surface area contributed by atoms with Crippen molar-refractivity contribution in [3.63, 3.8) is 0 Å². The summed E-state index contributed by atoms with van der Waals surface area (Å²) in [6.07, 6.45) is 3.73. The first kappa shape index (κ1) is 19.1. The highest BCUT2D eigenvalue weighted by molar-refractivity contribution is 7.71. The SMILES string of the molecule is CCOc1ccc(CN(C)Cn2[nH]c(C=Cc3ccc(C)o3)nc2=S)cc1. The van der Waals surface area contributed by atoms with Crippen LogP contribution in [0.5, 0.6) is 5.75 Å². The molecule has 0 fully saturated rings. The predicted molar refractivity (Wildman–Crippen MR) is 109 cm³/mol. The molecule has 0 spiro atoms. The second kappa shape index (κ2) is 8.83. The van der Waals surface area contributed by atoms with Gasteiger partial charge in [0.05, 0.1) is 13.3 Å². The Morgan fingerprint density at radius 1 is 1.22 bits per heavy atom. The number of nitrogens with one attached hydrogen (secondary N) is 1. The number of H-pyrrole nitrogens is 1. The fourth-order valence-electron chi connectivity index (χ4n) is 2.71. The number of furan rings is 1. The molecule has 3 rings (SSSR count). The molecule has 3 aromatic rings. The second-order valence-electron chi connectivity index (χ2n) is 6.33. The van der Waals surface area contributed by atoms with Crippen LogP contribution in [0, 0.1) is 11.7 Å². The second-order valence-corrected chi connectivity index (χ2v) is 6.70. The lowest BCUT2D eigenvalue weighted by Gasteiger charge is -2.17. The van der Waals surface area contributed by atoms with Crippen molar-refractivity contribution in [2.45, 2.75) is 27.1 Å². The first-order valence-electron chi connectivity index (χ1n) is 8.85. The molecule has 0 unspecified atom stereocenters. The molecular formula is C20H24N4O2S. The molecule has 0 bridgehead atoms. The molecule has 27 heavy (non-hydrogen) atoms. The molecule has 2 aromatic heterocycles. The summed E-state index contributed by atoms with van der Waals surface area (Å²) < 4.78 is 13.4. The molecule has 0 atom stereocenters. The summed E-state index contributed by atoms with van der Waals surface area (Å²) in [4.78, 5) is 6.53. The molecule has 0 amide bonds. The first-order chi connectivity index (χ1) is 13.0. The summed E-state index contributed by atoms with van der Waals surface area (Å²) in [5.41, 5.74) is 1.21. The van der Waals surface area contributed by atoms with E-state index in [9.17, 15) is 0 Å². The van der Waals surface area contributed by atoms with Crippen LogP contribution < -0.4 is 4.74 Å². The van der Waals surface area contributed by atoms with E-state index in [0.29, 0.717) is 23.9 Å². The Morgan fingerprint density at radius 3 is 2.67 bits per heavy atom. The Balaban J connectivity index is 1.60. The third-order valence-corrected chi connectivity index (χ3v) is 4.24. The van der Waals surface area contributed by atoms with Crippen molar-refractivity contribution in [1.29, 1.82) is 0 Å². The quantitative estimate of drug-likeness (QED) is 0.580. The number of ether oxygens (including phenoxy) is 1. The van der Waals surface area contributed by atoms with Gasteiger partial charge >= 0.3 is 0 Å². The van der Waals surface area contributed by atoms with Crippen molar-refractivity contribution in [2.24, 2.45) is 0 Å². The highest BCUT2D eigenvalue weighted by Gasteiger charge is 2.05. The summed E-state index contributed by atoms with van der Waals surface area (Å²) in [6.45, 7) is 5.99. The Bertz CT molecular complexity index is 953. The minimum atomic E-state index is 0.517. The molecule has 7 heteroatoms. The van der Waals surface area contributed by atoms with Crippen LogP contribution in [0.25, 0.3) is 12.2 Å². The van der Waals surface area contributed by atoms with Crippen molar-refractivity contribution in [3.05, 3.63) is 64.1 Å². The highest BCUT2D eigenvalue weighted by Crippen LogP contribution is 2.14. The van der Waals surface area contributed by atoms with Gasteiger partial charge in [-0.05, 0) is 75.1 Å². The molecule has 6 nitrogen and oxygen atoms in total. The van der Waals surface area contributed by atoms with E-state index < -0.39 is 0 Å². The summed E-state index contributed by atoms with van der Waals surface area (Å²) in [7, 11) is 2.04. The molecule has 2 heterocycles. The summed E-state index contributed by atoms with van der Waals surface area (Å²) >= 11 is 5.36. The van der Waals surface area contributed by atoms with Gasteiger partial charge in [0.25, 0.3) is 0 Å². The number of aryl methyl sites for hydroxylation is 1. The van der Waals surface area contributed by atoms with E-state index in [1.165, 1.54) is 5.56 Å². The average molecular weight is 385 g/mol. The predicted octanol–water partition coefficient (Wildman–Crippen LogP) is 4.50. The minimum Gasteiger partial charge on any atom is -0.494 e. The number of rotatable bonds is 8. The van der Waals surface area contributed by atoms with Gasteiger partial charge in [0.15, 0.2) is 0 Å². The zero-order chi connectivity index (χ0) is 19.2. The van der Waals surface area contributed by atoms with Crippen molar-refractivity contribution in [1.82, 2.24) is 19.7 Å². The van der Waals surface area contributed by atoms with Crippen molar-refractivity contribution >= 4 is 24.4 Å². The Morgan fingerprint density at radius 2 is 2.00 bits per heavy atom. The van der Waals surface area contributed by atoms with Gasteiger partial charge in [0.1, 0.15) is 23.1 Å². The van der Waals surface area contributed by atoms with Gasteiger partial charge in [-0.1, -0.05) is 12.1 Å². The standard InChI is InChI=1S/C20H24N4O2S/c1-4-25-17-9-6-16(7-10-17)13-23(3)14-24-20(27)21-19(22-24)12-11-18-8-5-15(2)26-18/h5-12H,4,13-14H2,1-3H3,(H,21,22,27). The molecular weight excluding hydrogens is 360 g/mol. The summed E-state index contributed by atoms with van der Waals surface area (Å²) in [5.74, 6) is 3.25. The van der Waals surface area contributed by atoms with E-state index >= 15 is 0 Å². The smallest absolute Gasteiger partial charge is 0.217 e. The molecule has 142 valence electrons. The zero-order valence-corrected chi connectivity index (χ0v) is 16.6. The number of hydrogen-bond acceptors (Lipinski definition) is 5. The highest BCUT2D eigenvalue weighted by atomic mass is 32.1. The van der Waals surface area contributed by atoms with Crippen LogP contribution >= 0.6 is 12.2 Å². The topological polar surface area (TPSA) is 59.2 Å². The maximum atomic E-state index is 5.52. The van der Waals surface area contributed by atoms with Crippen LogP contribution in [0.15, 0.2) is 40.8 Å². The van der Waals surface area contributed by atoms with Gasteiger partial charge in [-0.2, -0.15) is 4.98 Å². The van der Waals surface area contributed by atoms with Crippen molar-refractivity contribution in [2.75, 3.05) is 13.7 Å². The molecule has 0 radical (unpaired) electrons. The van der Waals surface area contributed by atoms with E-state index in [1.54, 1.807) is 0 Å². The van der Waals surface area contributed by atoms with E-state index in [-0.39, 0.29) is 0 Å². The van der Waals surface area contributed by atoms with Gasteiger partial charge < -0.3 is 9.15 Å². The van der Waals surface area contributed by atoms with E-state index in [4.69, 9.17) is 21.4 Å². The molecule has 0 aliphatic heterocycles. The number of aromatic nitrogens is 3. The molecule has 0 aliphatic rings. The third-order valence-electron chi connectivity index (χ3n) is 3.93. The van der Waals surface area contributed by atoms with Crippen molar-refractivity contribution in [3.8, 4) is 5.75 Å². The van der Waals surface area contributed by atoms with Crippen LogP contribution in [0.2, 0.25) is 0 Å². The molecule has 0 saturated heterocycles. The largest absolute Gasteiger partial charge is 0.494 e. The van der Waals surface area contributed by atoms with E-state index in [1.807, 2.05) is 62.0 Å². The zero-order valence-electron chi connectivity index (χ0n) is 15.8. The third kappa shape index (κ3) is 5.42.